The molecule has 4 unspecified atom stereocenters. The molecule has 0 amide bonds. The average molecular weight is 902 g/mol. The maximum absolute atomic E-state index is 2.94. The molecule has 0 bridgehead atoms. The summed E-state index contributed by atoms with van der Waals surface area (Å²) in [7, 11) is 0. The van der Waals surface area contributed by atoms with Crippen LogP contribution in [0.25, 0.3) is 11.1 Å². The van der Waals surface area contributed by atoms with Crippen molar-refractivity contribution in [3.05, 3.63) is 179 Å². The number of para-hydroxylation sites is 1. The lowest BCUT2D eigenvalue weighted by atomic mass is 9.33. The van der Waals surface area contributed by atoms with Gasteiger partial charge < -0.3 is 14.7 Å². The molecule has 0 spiro atoms. The molecular formula is C65H68BN3. The Morgan fingerprint density at radius 2 is 1.07 bits per heavy atom. The Morgan fingerprint density at radius 3 is 1.80 bits per heavy atom. The van der Waals surface area contributed by atoms with Gasteiger partial charge in [0, 0.05) is 50.6 Å². The second kappa shape index (κ2) is 14.5. The number of rotatable bonds is 4. The van der Waals surface area contributed by atoms with Gasteiger partial charge in [-0.3, -0.25) is 0 Å². The smallest absolute Gasteiger partial charge is 0.252 e. The van der Waals surface area contributed by atoms with Crippen LogP contribution in [0.2, 0.25) is 0 Å². The highest BCUT2D eigenvalue weighted by molar-refractivity contribution is 7.00. The van der Waals surface area contributed by atoms with Gasteiger partial charge in [0.2, 0.25) is 0 Å². The van der Waals surface area contributed by atoms with Crippen molar-refractivity contribution in [3.63, 3.8) is 0 Å². The zero-order valence-corrected chi connectivity index (χ0v) is 42.5. The first-order valence-corrected chi connectivity index (χ1v) is 26.3. The highest BCUT2D eigenvalue weighted by Crippen LogP contribution is 2.66. The number of anilines is 7. The van der Waals surface area contributed by atoms with Crippen molar-refractivity contribution in [3.8, 4) is 11.1 Å². The van der Waals surface area contributed by atoms with E-state index in [4.69, 9.17) is 0 Å². The summed E-state index contributed by atoms with van der Waals surface area (Å²) in [5.74, 6) is 0. The fourth-order valence-corrected chi connectivity index (χ4v) is 15.2. The molecule has 13 rings (SSSR count). The van der Waals surface area contributed by atoms with Crippen LogP contribution >= 0.6 is 0 Å². The van der Waals surface area contributed by atoms with Crippen LogP contribution in [0.5, 0.6) is 0 Å². The zero-order valence-electron chi connectivity index (χ0n) is 42.5. The van der Waals surface area contributed by atoms with E-state index in [0.29, 0.717) is 0 Å². The van der Waals surface area contributed by atoms with Crippen molar-refractivity contribution in [2.45, 2.75) is 146 Å². The summed E-state index contributed by atoms with van der Waals surface area (Å²) in [5.41, 5.74) is 23.1. The van der Waals surface area contributed by atoms with Gasteiger partial charge >= 0.3 is 0 Å². The third kappa shape index (κ3) is 5.69. The molecule has 3 nitrogen and oxygen atoms in total. The molecule has 4 aliphatic heterocycles. The van der Waals surface area contributed by atoms with Gasteiger partial charge in [0.05, 0.1) is 11.1 Å². The quantitative estimate of drug-likeness (QED) is 0.163. The van der Waals surface area contributed by atoms with E-state index in [1.165, 1.54) is 122 Å². The lowest BCUT2D eigenvalue weighted by molar-refractivity contribution is 0.195. The lowest BCUT2D eigenvalue weighted by Crippen LogP contribution is -2.64. The molecule has 2 fully saturated rings. The molecule has 2 aliphatic carbocycles. The van der Waals surface area contributed by atoms with Crippen LogP contribution in [0.4, 0.5) is 39.8 Å². The summed E-state index contributed by atoms with van der Waals surface area (Å²) in [6, 6.07) is 60.0. The molecule has 4 atom stereocenters. The first-order valence-electron chi connectivity index (χ1n) is 26.3. The summed E-state index contributed by atoms with van der Waals surface area (Å²) < 4.78 is 0. The highest BCUT2D eigenvalue weighted by atomic mass is 15.3. The summed E-state index contributed by atoms with van der Waals surface area (Å²) in [4.78, 5) is 8.47. The van der Waals surface area contributed by atoms with Crippen LogP contribution in [-0.4, -0.2) is 17.8 Å². The minimum Gasteiger partial charge on any atom is -0.335 e. The monoisotopic (exact) mass is 902 g/mol. The SMILES string of the molecule is CC(C)(C)c1ccc(N2c3ccc(C(C)(C)C)cc3B3c4cc(-c5ccccc5)cc5c4N(c4cc(N6c7ccccc7C7(c8ccccc8)CCCCC67C)cc2c43)C2(C)CCCCC52C)cc1. The Balaban J connectivity index is 1.16. The molecular weight excluding hydrogens is 834 g/mol. The Labute approximate surface area is 412 Å². The molecule has 6 aliphatic rings. The molecule has 7 aromatic carbocycles. The van der Waals surface area contributed by atoms with E-state index in [9.17, 15) is 0 Å². The molecule has 0 radical (unpaired) electrons. The summed E-state index contributed by atoms with van der Waals surface area (Å²) in [5, 5.41) is 0. The van der Waals surface area contributed by atoms with E-state index >= 15 is 0 Å². The van der Waals surface area contributed by atoms with Gasteiger partial charge in [-0.2, -0.15) is 0 Å². The van der Waals surface area contributed by atoms with Crippen LogP contribution in [-0.2, 0) is 21.7 Å². The first-order chi connectivity index (χ1) is 33.1. The first kappa shape index (κ1) is 43.1. The zero-order chi connectivity index (χ0) is 47.5. The average Bonchev–Trinajstić information content (AvgIpc) is 3.72. The molecule has 0 N–H and O–H groups in total. The molecule has 0 saturated heterocycles. The lowest BCUT2D eigenvalue weighted by Gasteiger charge is -2.54. The van der Waals surface area contributed by atoms with E-state index in [0.717, 1.165) is 19.3 Å². The normalized spacial score (nSPS) is 25.1. The minimum absolute atomic E-state index is 0.0184. The van der Waals surface area contributed by atoms with Gasteiger partial charge in [-0.15, -0.1) is 0 Å². The van der Waals surface area contributed by atoms with Crippen LogP contribution < -0.4 is 31.1 Å². The van der Waals surface area contributed by atoms with Gasteiger partial charge in [0.25, 0.3) is 6.71 Å². The van der Waals surface area contributed by atoms with Gasteiger partial charge in [0.1, 0.15) is 0 Å². The number of nitrogens with zero attached hydrogens (tertiary/aromatic N) is 3. The largest absolute Gasteiger partial charge is 0.335 e. The maximum Gasteiger partial charge on any atom is 0.252 e. The third-order valence-corrected chi connectivity index (χ3v) is 19.0. The Hall–Kier alpha value is -6.00. The molecule has 0 aromatic heterocycles. The minimum atomic E-state index is -0.194. The Bertz CT molecular complexity index is 3220. The number of hydrogen-bond donors (Lipinski definition) is 0. The molecule has 346 valence electrons. The predicted octanol–water partition coefficient (Wildman–Crippen LogP) is 15.1. The fraction of sp³-hybridized carbons (Fsp3) is 0.354. The number of fused-ring (bicyclic) bond motifs is 10. The van der Waals surface area contributed by atoms with Crippen LogP contribution in [0.1, 0.15) is 141 Å². The molecule has 69 heavy (non-hydrogen) atoms. The van der Waals surface area contributed by atoms with Crippen LogP contribution in [0.3, 0.4) is 0 Å². The van der Waals surface area contributed by atoms with Crippen molar-refractivity contribution < 1.29 is 0 Å². The van der Waals surface area contributed by atoms with Crippen LogP contribution in [0.15, 0.2) is 152 Å². The van der Waals surface area contributed by atoms with E-state index < -0.39 is 0 Å². The standard InChI is InChI=1S/C65H68BN3/c1-60(2,3)45-28-31-48(32-29-45)67-55-33-30-47(61(4,5)6)40-52(55)66-53-39-44(43-22-12-10-13-23-43)38-51-59(53)69(63(8)35-19-18-34-62(51,63)7)57-42-49(41-56(67)58(57)66)68-54-27-17-16-26-50(54)65(46-24-14-11-15-25-46)37-21-20-36-64(65,68)9/h10-17,22-33,38-42H,18-21,34-37H2,1-9H3. The molecule has 7 aromatic rings. The Morgan fingerprint density at radius 1 is 0.449 bits per heavy atom. The highest BCUT2D eigenvalue weighted by Gasteiger charge is 2.64. The van der Waals surface area contributed by atoms with Crippen molar-refractivity contribution in [1.29, 1.82) is 0 Å². The van der Waals surface area contributed by atoms with Gasteiger partial charge in [-0.05, 0) is 148 Å². The third-order valence-electron chi connectivity index (χ3n) is 19.0. The van der Waals surface area contributed by atoms with Crippen molar-refractivity contribution in [2.24, 2.45) is 0 Å². The number of benzene rings is 7. The van der Waals surface area contributed by atoms with Crippen molar-refractivity contribution >= 4 is 62.9 Å². The Kier molecular flexibility index (Phi) is 9.07. The van der Waals surface area contributed by atoms with E-state index in [1.807, 2.05) is 0 Å². The van der Waals surface area contributed by atoms with Gasteiger partial charge in [-0.1, -0.05) is 183 Å². The van der Waals surface area contributed by atoms with Crippen molar-refractivity contribution in [1.82, 2.24) is 0 Å². The molecule has 2 saturated carbocycles. The molecule has 4 heterocycles. The van der Waals surface area contributed by atoms with E-state index in [1.54, 1.807) is 5.56 Å². The summed E-state index contributed by atoms with van der Waals surface area (Å²) in [6.07, 6.45) is 9.54. The van der Waals surface area contributed by atoms with Crippen molar-refractivity contribution in [2.75, 3.05) is 14.7 Å². The van der Waals surface area contributed by atoms with E-state index in [-0.39, 0.29) is 39.5 Å². The number of hydrogen-bond acceptors (Lipinski definition) is 3. The van der Waals surface area contributed by atoms with Crippen LogP contribution in [0, 0.1) is 0 Å². The predicted molar refractivity (Wildman–Crippen MR) is 294 cm³/mol. The van der Waals surface area contributed by atoms with Gasteiger partial charge in [-0.25, -0.2) is 0 Å². The second-order valence-corrected chi connectivity index (χ2v) is 24.6. The van der Waals surface area contributed by atoms with E-state index in [2.05, 4.69) is 229 Å². The maximum atomic E-state index is 2.94. The topological polar surface area (TPSA) is 9.72 Å². The summed E-state index contributed by atoms with van der Waals surface area (Å²) >= 11 is 0. The second-order valence-electron chi connectivity index (χ2n) is 24.6. The molecule has 4 heteroatoms. The van der Waals surface area contributed by atoms with Gasteiger partial charge in [0.15, 0.2) is 0 Å². The fourth-order valence-electron chi connectivity index (χ4n) is 15.2. The summed E-state index contributed by atoms with van der Waals surface area (Å²) in [6.45, 7) is 22.1.